The van der Waals surface area contributed by atoms with E-state index >= 15 is 0 Å². The van der Waals surface area contributed by atoms with Crippen molar-refractivity contribution in [2.45, 2.75) is 13.3 Å². The summed E-state index contributed by atoms with van der Waals surface area (Å²) in [4.78, 5) is 16.6. The van der Waals surface area contributed by atoms with Gasteiger partial charge < -0.3 is 0 Å². The molecule has 20 heavy (non-hydrogen) atoms. The van der Waals surface area contributed by atoms with Crippen LogP contribution in [-0.4, -0.2) is 20.5 Å². The molecule has 4 heteroatoms. The molecule has 0 aliphatic heterocycles. The number of ketones is 1. The third kappa shape index (κ3) is 2.09. The quantitative estimate of drug-likeness (QED) is 0.684. The topological polar surface area (TPSA) is 47.8 Å². The third-order valence-electron chi connectivity index (χ3n) is 3.47. The zero-order valence-corrected chi connectivity index (χ0v) is 11.5. The number of rotatable bonds is 3. The Balaban J connectivity index is 1.98. The fraction of sp³-hybridized carbons (Fsp3) is 0.188. The lowest BCUT2D eigenvalue weighted by molar-refractivity contribution is 0.0991. The van der Waals surface area contributed by atoms with Crippen molar-refractivity contribution >= 4 is 16.7 Å². The number of aromatic nitrogens is 3. The zero-order valence-electron chi connectivity index (χ0n) is 11.5. The lowest BCUT2D eigenvalue weighted by Crippen LogP contribution is -2.07. The molecule has 0 saturated heterocycles. The predicted molar refractivity (Wildman–Crippen MR) is 77.7 cm³/mol. The van der Waals surface area contributed by atoms with Gasteiger partial charge in [0.25, 0.3) is 0 Å². The van der Waals surface area contributed by atoms with E-state index in [1.54, 1.807) is 12.3 Å². The number of para-hydroxylation sites is 1. The van der Waals surface area contributed by atoms with Crippen LogP contribution < -0.4 is 0 Å². The number of hydrogen-bond donors (Lipinski definition) is 0. The summed E-state index contributed by atoms with van der Waals surface area (Å²) < 4.78 is 1.81. The van der Waals surface area contributed by atoms with E-state index in [9.17, 15) is 4.79 Å². The van der Waals surface area contributed by atoms with Crippen LogP contribution in [0.1, 0.15) is 21.7 Å². The first kappa shape index (κ1) is 12.5. The van der Waals surface area contributed by atoms with Crippen LogP contribution in [0.25, 0.3) is 10.9 Å². The van der Waals surface area contributed by atoms with E-state index in [0.717, 1.165) is 22.3 Å². The molecule has 0 bridgehead atoms. The van der Waals surface area contributed by atoms with Gasteiger partial charge in [0.05, 0.1) is 17.6 Å². The summed E-state index contributed by atoms with van der Waals surface area (Å²) in [5.41, 5.74) is 3.29. The second-order valence-electron chi connectivity index (χ2n) is 4.82. The van der Waals surface area contributed by atoms with Crippen LogP contribution in [0.3, 0.4) is 0 Å². The van der Waals surface area contributed by atoms with Crippen molar-refractivity contribution in [1.29, 1.82) is 0 Å². The number of aryl methyl sites for hydroxylation is 2. The highest BCUT2D eigenvalue weighted by Crippen LogP contribution is 2.19. The van der Waals surface area contributed by atoms with Crippen LogP contribution >= 0.6 is 0 Å². The van der Waals surface area contributed by atoms with Crippen LogP contribution in [0.15, 0.2) is 42.6 Å². The summed E-state index contributed by atoms with van der Waals surface area (Å²) >= 11 is 0. The lowest BCUT2D eigenvalue weighted by atomic mass is 10.0. The van der Waals surface area contributed by atoms with Gasteiger partial charge in [-0.2, -0.15) is 5.10 Å². The molecular weight excluding hydrogens is 250 g/mol. The molecule has 3 aromatic rings. The van der Waals surface area contributed by atoms with Crippen molar-refractivity contribution < 1.29 is 4.79 Å². The highest BCUT2D eigenvalue weighted by atomic mass is 16.1. The fourth-order valence-electron chi connectivity index (χ4n) is 2.45. The Labute approximate surface area is 117 Å². The average Bonchev–Trinajstić information content (AvgIpc) is 2.76. The monoisotopic (exact) mass is 265 g/mol. The number of hydrogen-bond acceptors (Lipinski definition) is 3. The van der Waals surface area contributed by atoms with E-state index in [1.165, 1.54) is 0 Å². The number of pyridine rings is 1. The van der Waals surface area contributed by atoms with Crippen molar-refractivity contribution in [1.82, 2.24) is 14.8 Å². The van der Waals surface area contributed by atoms with Crippen molar-refractivity contribution in [3.05, 3.63) is 59.5 Å². The van der Waals surface area contributed by atoms with E-state index in [0.29, 0.717) is 12.0 Å². The molecule has 3 rings (SSSR count). The number of nitrogens with zero attached hydrogens (tertiary/aromatic N) is 3. The van der Waals surface area contributed by atoms with Gasteiger partial charge in [-0.05, 0) is 25.1 Å². The maximum absolute atomic E-state index is 12.4. The molecule has 2 aromatic heterocycles. The Hall–Kier alpha value is -2.49. The molecule has 0 aliphatic carbocycles. The minimum atomic E-state index is 0.0550. The van der Waals surface area contributed by atoms with E-state index < -0.39 is 0 Å². The van der Waals surface area contributed by atoms with E-state index in [2.05, 4.69) is 10.1 Å². The molecule has 0 radical (unpaired) electrons. The molecule has 4 nitrogen and oxygen atoms in total. The third-order valence-corrected chi connectivity index (χ3v) is 3.47. The summed E-state index contributed by atoms with van der Waals surface area (Å²) in [5, 5.41) is 5.49. The molecule has 100 valence electrons. The van der Waals surface area contributed by atoms with Crippen LogP contribution in [0.2, 0.25) is 0 Å². The Morgan fingerprint density at radius 3 is 2.80 bits per heavy atom. The second-order valence-corrected chi connectivity index (χ2v) is 4.82. The van der Waals surface area contributed by atoms with Crippen molar-refractivity contribution in [2.24, 2.45) is 7.05 Å². The molecule has 0 unspecified atom stereocenters. The maximum Gasteiger partial charge on any atom is 0.170 e. The van der Waals surface area contributed by atoms with Crippen molar-refractivity contribution in [3.8, 4) is 0 Å². The number of benzene rings is 1. The molecule has 0 atom stereocenters. The van der Waals surface area contributed by atoms with E-state index in [4.69, 9.17) is 0 Å². The molecule has 0 amide bonds. The smallest absolute Gasteiger partial charge is 0.170 e. The molecule has 1 aromatic carbocycles. The number of carbonyl (C=O) groups excluding carboxylic acids is 1. The molecule has 0 N–H and O–H groups in total. The minimum absolute atomic E-state index is 0.0550. The highest BCUT2D eigenvalue weighted by Gasteiger charge is 2.15. The van der Waals surface area contributed by atoms with Gasteiger partial charge in [0.2, 0.25) is 0 Å². The van der Waals surface area contributed by atoms with Crippen molar-refractivity contribution in [3.63, 3.8) is 0 Å². The van der Waals surface area contributed by atoms with Crippen LogP contribution in [-0.2, 0) is 13.5 Å². The standard InChI is InChI=1S/C16H15N3O/c1-11-12(7-5-9-17-11)16(20)10-14-13-6-3-4-8-15(13)19(2)18-14/h3-9H,10H2,1-2H3. The molecular formula is C16H15N3O. The first-order valence-corrected chi connectivity index (χ1v) is 6.52. The molecule has 0 aliphatic rings. The number of Topliss-reactive ketones (excluding diaryl/α,β-unsaturated/α-hetero) is 1. The molecule has 0 saturated carbocycles. The lowest BCUT2D eigenvalue weighted by Gasteiger charge is -2.02. The molecule has 2 heterocycles. The summed E-state index contributed by atoms with van der Waals surface area (Å²) in [7, 11) is 1.89. The fourth-order valence-corrected chi connectivity index (χ4v) is 2.45. The van der Waals surface area contributed by atoms with Crippen molar-refractivity contribution in [2.75, 3.05) is 0 Å². The minimum Gasteiger partial charge on any atom is -0.294 e. The van der Waals surface area contributed by atoms with Gasteiger partial charge >= 0.3 is 0 Å². The average molecular weight is 265 g/mol. The van der Waals surface area contributed by atoms with Crippen LogP contribution in [0.5, 0.6) is 0 Å². The highest BCUT2D eigenvalue weighted by molar-refractivity contribution is 6.00. The van der Waals surface area contributed by atoms with Gasteiger partial charge in [-0.15, -0.1) is 0 Å². The summed E-state index contributed by atoms with van der Waals surface area (Å²) in [5.74, 6) is 0.0550. The Morgan fingerprint density at radius 2 is 2.00 bits per heavy atom. The molecule has 0 fully saturated rings. The SMILES string of the molecule is Cc1ncccc1C(=O)Cc1nn(C)c2ccccc12. The predicted octanol–water partition coefficient (Wildman–Crippen LogP) is 2.70. The summed E-state index contributed by atoms with van der Waals surface area (Å²) in [6.45, 7) is 1.85. The van der Waals surface area contributed by atoms with Gasteiger partial charge in [0.1, 0.15) is 0 Å². The number of fused-ring (bicyclic) bond motifs is 1. The van der Waals surface area contributed by atoms with Gasteiger partial charge in [0.15, 0.2) is 5.78 Å². The zero-order chi connectivity index (χ0) is 14.1. The number of carbonyl (C=O) groups is 1. The van der Waals surface area contributed by atoms with E-state index in [-0.39, 0.29) is 5.78 Å². The first-order chi connectivity index (χ1) is 9.66. The van der Waals surface area contributed by atoms with Gasteiger partial charge in [0, 0.05) is 29.9 Å². The first-order valence-electron chi connectivity index (χ1n) is 6.52. The Morgan fingerprint density at radius 1 is 1.20 bits per heavy atom. The van der Waals surface area contributed by atoms with Gasteiger partial charge in [-0.25, -0.2) is 0 Å². The largest absolute Gasteiger partial charge is 0.294 e. The van der Waals surface area contributed by atoms with Gasteiger partial charge in [-0.1, -0.05) is 18.2 Å². The summed E-state index contributed by atoms with van der Waals surface area (Å²) in [6.07, 6.45) is 2.00. The molecule has 0 spiro atoms. The summed E-state index contributed by atoms with van der Waals surface area (Å²) in [6, 6.07) is 11.5. The van der Waals surface area contributed by atoms with E-state index in [1.807, 2.05) is 49.0 Å². The van der Waals surface area contributed by atoms with Gasteiger partial charge in [-0.3, -0.25) is 14.5 Å². The second kappa shape index (κ2) is 4.89. The maximum atomic E-state index is 12.4. The Kier molecular flexibility index (Phi) is 3.06. The van der Waals surface area contributed by atoms with Crippen LogP contribution in [0, 0.1) is 6.92 Å². The normalized spacial score (nSPS) is 10.9. The Bertz CT molecular complexity index is 789. The van der Waals surface area contributed by atoms with Crippen LogP contribution in [0.4, 0.5) is 0 Å².